The van der Waals surface area contributed by atoms with E-state index in [1.54, 1.807) is 0 Å². The maximum Gasteiger partial charge on any atom is 0.229 e. The molecule has 0 aromatic heterocycles. The van der Waals surface area contributed by atoms with Crippen LogP contribution in [0.3, 0.4) is 0 Å². The first-order valence-corrected chi connectivity index (χ1v) is 8.53. The van der Waals surface area contributed by atoms with Crippen LogP contribution in [-0.2, 0) is 14.8 Å². The lowest BCUT2D eigenvalue weighted by atomic mass is 9.97. The van der Waals surface area contributed by atoms with Gasteiger partial charge < -0.3 is 10.6 Å². The number of rotatable bonds is 4. The SMILES string of the molecule is CS(=O)(=O)Nc1cc(NC(=O)C2CCNCC2)ccc1F. The largest absolute Gasteiger partial charge is 0.326 e. The summed E-state index contributed by atoms with van der Waals surface area (Å²) >= 11 is 0. The summed E-state index contributed by atoms with van der Waals surface area (Å²) in [6.45, 7) is 1.59. The van der Waals surface area contributed by atoms with Crippen molar-refractivity contribution in [2.45, 2.75) is 12.8 Å². The molecule has 2 rings (SSSR count). The molecule has 1 aromatic carbocycles. The number of halogens is 1. The fourth-order valence-electron chi connectivity index (χ4n) is 2.21. The van der Waals surface area contributed by atoms with Crippen molar-refractivity contribution < 1.29 is 17.6 Å². The Morgan fingerprint density at radius 3 is 2.62 bits per heavy atom. The predicted octanol–water partition coefficient (Wildman–Crippen LogP) is 1.14. The number of benzene rings is 1. The number of carbonyl (C=O) groups excluding carboxylic acids is 1. The van der Waals surface area contributed by atoms with Gasteiger partial charge in [-0.15, -0.1) is 0 Å². The van der Waals surface area contributed by atoms with E-state index in [4.69, 9.17) is 0 Å². The molecule has 1 aromatic rings. The zero-order valence-corrected chi connectivity index (χ0v) is 12.5. The molecule has 6 nitrogen and oxygen atoms in total. The highest BCUT2D eigenvalue weighted by Crippen LogP contribution is 2.22. The highest BCUT2D eigenvalue weighted by molar-refractivity contribution is 7.92. The second-order valence-corrected chi connectivity index (χ2v) is 6.83. The molecule has 8 heteroatoms. The third-order valence-electron chi connectivity index (χ3n) is 3.24. The van der Waals surface area contributed by atoms with Crippen molar-refractivity contribution >= 4 is 27.3 Å². The molecule has 1 aliphatic rings. The molecule has 0 spiro atoms. The lowest BCUT2D eigenvalue weighted by molar-refractivity contribution is -0.120. The molecule has 0 atom stereocenters. The van der Waals surface area contributed by atoms with Crippen molar-refractivity contribution in [2.24, 2.45) is 5.92 Å². The Morgan fingerprint density at radius 1 is 1.33 bits per heavy atom. The summed E-state index contributed by atoms with van der Waals surface area (Å²) in [5.41, 5.74) is 0.187. The maximum absolute atomic E-state index is 13.5. The van der Waals surface area contributed by atoms with E-state index in [1.165, 1.54) is 12.1 Å². The molecular weight excluding hydrogens is 297 g/mol. The summed E-state index contributed by atoms with van der Waals surface area (Å²) in [5, 5.41) is 5.87. The first-order valence-electron chi connectivity index (χ1n) is 6.64. The van der Waals surface area contributed by atoms with Gasteiger partial charge in [0, 0.05) is 11.6 Å². The summed E-state index contributed by atoms with van der Waals surface area (Å²) in [6, 6.07) is 3.79. The Balaban J connectivity index is 2.09. The van der Waals surface area contributed by atoms with Crippen LogP contribution < -0.4 is 15.4 Å². The third-order valence-corrected chi connectivity index (χ3v) is 3.83. The number of piperidine rings is 1. The highest BCUT2D eigenvalue weighted by atomic mass is 32.2. The third kappa shape index (κ3) is 4.68. The monoisotopic (exact) mass is 315 g/mol. The van der Waals surface area contributed by atoms with E-state index in [9.17, 15) is 17.6 Å². The van der Waals surface area contributed by atoms with Gasteiger partial charge in [-0.3, -0.25) is 9.52 Å². The van der Waals surface area contributed by atoms with Gasteiger partial charge in [0.1, 0.15) is 5.82 Å². The Kier molecular flexibility index (Phi) is 4.79. The minimum Gasteiger partial charge on any atom is -0.326 e. The summed E-state index contributed by atoms with van der Waals surface area (Å²) in [6.07, 6.45) is 2.44. The minimum absolute atomic E-state index is 0.0809. The average molecular weight is 315 g/mol. The Morgan fingerprint density at radius 2 is 2.00 bits per heavy atom. The van der Waals surface area contributed by atoms with Gasteiger partial charge in [0.2, 0.25) is 15.9 Å². The van der Waals surface area contributed by atoms with E-state index < -0.39 is 15.8 Å². The van der Waals surface area contributed by atoms with Gasteiger partial charge in [0.05, 0.1) is 11.9 Å². The molecule has 0 aliphatic carbocycles. The molecule has 1 heterocycles. The van der Waals surface area contributed by atoms with E-state index in [1.807, 2.05) is 0 Å². The van der Waals surface area contributed by atoms with Gasteiger partial charge in [-0.05, 0) is 44.1 Å². The molecule has 0 bridgehead atoms. The Labute approximate surface area is 123 Å². The van der Waals surface area contributed by atoms with Gasteiger partial charge in [0.25, 0.3) is 0 Å². The number of hydrogen-bond donors (Lipinski definition) is 3. The van der Waals surface area contributed by atoms with Crippen LogP contribution in [0.25, 0.3) is 0 Å². The van der Waals surface area contributed by atoms with Crippen molar-refractivity contribution in [3.63, 3.8) is 0 Å². The molecule has 1 aliphatic heterocycles. The summed E-state index contributed by atoms with van der Waals surface area (Å²) in [5.74, 6) is -0.906. The van der Waals surface area contributed by atoms with Gasteiger partial charge in [0.15, 0.2) is 0 Å². The zero-order chi connectivity index (χ0) is 15.5. The van der Waals surface area contributed by atoms with Crippen LogP contribution in [0.15, 0.2) is 18.2 Å². The van der Waals surface area contributed by atoms with E-state index in [2.05, 4.69) is 15.4 Å². The van der Waals surface area contributed by atoms with E-state index >= 15 is 0 Å². The van der Waals surface area contributed by atoms with E-state index in [-0.39, 0.29) is 17.5 Å². The molecule has 0 unspecified atom stereocenters. The van der Waals surface area contributed by atoms with Gasteiger partial charge in [-0.25, -0.2) is 12.8 Å². The summed E-state index contributed by atoms with van der Waals surface area (Å²) in [7, 11) is -3.58. The molecule has 116 valence electrons. The quantitative estimate of drug-likeness (QED) is 0.777. The smallest absolute Gasteiger partial charge is 0.229 e. The molecule has 1 saturated heterocycles. The molecule has 21 heavy (non-hydrogen) atoms. The number of amides is 1. The van der Waals surface area contributed by atoms with Crippen molar-refractivity contribution in [3.05, 3.63) is 24.0 Å². The van der Waals surface area contributed by atoms with Crippen molar-refractivity contribution in [1.82, 2.24) is 5.32 Å². The van der Waals surface area contributed by atoms with E-state index in [0.717, 1.165) is 38.3 Å². The summed E-state index contributed by atoms with van der Waals surface area (Å²) < 4.78 is 37.9. The molecule has 1 fully saturated rings. The number of hydrogen-bond acceptors (Lipinski definition) is 4. The number of sulfonamides is 1. The van der Waals surface area contributed by atoms with Crippen LogP contribution in [0.5, 0.6) is 0 Å². The highest BCUT2D eigenvalue weighted by Gasteiger charge is 2.21. The molecule has 0 saturated carbocycles. The number of carbonyl (C=O) groups is 1. The van der Waals surface area contributed by atoms with Crippen molar-refractivity contribution in [3.8, 4) is 0 Å². The molecule has 3 N–H and O–H groups in total. The van der Waals surface area contributed by atoms with Crippen LogP contribution in [0.2, 0.25) is 0 Å². The van der Waals surface area contributed by atoms with Crippen LogP contribution in [0, 0.1) is 11.7 Å². The minimum atomic E-state index is -3.58. The second-order valence-electron chi connectivity index (χ2n) is 5.08. The normalized spacial score (nSPS) is 16.5. The first-order chi connectivity index (χ1) is 9.85. The van der Waals surface area contributed by atoms with Crippen molar-refractivity contribution in [2.75, 3.05) is 29.4 Å². The van der Waals surface area contributed by atoms with Crippen LogP contribution >= 0.6 is 0 Å². The second kappa shape index (κ2) is 6.40. The molecular formula is C13H18FN3O3S. The maximum atomic E-state index is 13.5. The molecule has 0 radical (unpaired) electrons. The van der Waals surface area contributed by atoms with Crippen LogP contribution in [0.4, 0.5) is 15.8 Å². The lowest BCUT2D eigenvalue weighted by Crippen LogP contribution is -2.34. The molecule has 1 amide bonds. The average Bonchev–Trinajstić information content (AvgIpc) is 2.42. The fourth-order valence-corrected chi connectivity index (χ4v) is 2.77. The Bertz CT molecular complexity index is 628. The zero-order valence-electron chi connectivity index (χ0n) is 11.6. The van der Waals surface area contributed by atoms with Crippen molar-refractivity contribution in [1.29, 1.82) is 0 Å². The van der Waals surface area contributed by atoms with Gasteiger partial charge in [-0.1, -0.05) is 0 Å². The topological polar surface area (TPSA) is 87.3 Å². The number of nitrogens with one attached hydrogen (secondary N) is 3. The summed E-state index contributed by atoms with van der Waals surface area (Å²) in [4.78, 5) is 12.1. The van der Waals surface area contributed by atoms with Crippen LogP contribution in [0.1, 0.15) is 12.8 Å². The van der Waals surface area contributed by atoms with Crippen LogP contribution in [-0.4, -0.2) is 33.7 Å². The Hall–Kier alpha value is -1.67. The standard InChI is InChI=1S/C13H18FN3O3S/c1-21(19,20)17-12-8-10(2-3-11(12)14)16-13(18)9-4-6-15-7-5-9/h2-3,8-9,15,17H,4-7H2,1H3,(H,16,18). The van der Waals surface area contributed by atoms with Gasteiger partial charge in [-0.2, -0.15) is 0 Å². The van der Waals surface area contributed by atoms with E-state index in [0.29, 0.717) is 5.69 Å². The predicted molar refractivity (Wildman–Crippen MR) is 79.1 cm³/mol. The first kappa shape index (κ1) is 15.7. The fraction of sp³-hybridized carbons (Fsp3) is 0.462. The van der Waals surface area contributed by atoms with Gasteiger partial charge >= 0.3 is 0 Å². The number of anilines is 2. The lowest BCUT2D eigenvalue weighted by Gasteiger charge is -2.21.